The minimum absolute atomic E-state index is 0.488. The molecule has 0 radical (unpaired) electrons. The second kappa shape index (κ2) is 16.7. The van der Waals surface area contributed by atoms with Crippen molar-refractivity contribution < 1.29 is 0 Å². The molecule has 324 valence electrons. The standard InChI is InChI=1S/C67H46N2/c1-6-20-47(21-7-1)49-34-37-56(38-35-49)68(57-39-40-64-61(46-57)59-30-16-18-32-63(59)67(64,53-24-10-3-11-25-53)54-26-12-4-13-27-54)58-43-51(48-22-8-2-9-23-48)42-52(44-58)50-36-41-66-62(45-50)60-31-17-19-33-65(60)69(66)55-28-14-5-15-29-55/h1-46H. The Labute approximate surface area is 403 Å². The number of para-hydroxylation sites is 2. The first kappa shape index (κ1) is 40.3. The van der Waals surface area contributed by atoms with Crippen LogP contribution in [0.1, 0.15) is 22.3 Å². The van der Waals surface area contributed by atoms with Crippen LogP contribution in [0.4, 0.5) is 17.1 Å². The Morgan fingerprint density at radius 1 is 0.275 bits per heavy atom. The summed E-state index contributed by atoms with van der Waals surface area (Å²) in [5.74, 6) is 0. The monoisotopic (exact) mass is 878 g/mol. The minimum Gasteiger partial charge on any atom is -0.310 e. The molecule has 2 heteroatoms. The van der Waals surface area contributed by atoms with Gasteiger partial charge in [-0.05, 0) is 140 Å². The van der Waals surface area contributed by atoms with E-state index >= 15 is 0 Å². The van der Waals surface area contributed by atoms with Crippen molar-refractivity contribution in [1.82, 2.24) is 4.57 Å². The quantitative estimate of drug-likeness (QED) is 0.140. The Morgan fingerprint density at radius 3 is 1.45 bits per heavy atom. The molecule has 0 spiro atoms. The fourth-order valence-corrected chi connectivity index (χ4v) is 11.2. The second-order valence-electron chi connectivity index (χ2n) is 18.1. The molecule has 0 atom stereocenters. The summed E-state index contributed by atoms with van der Waals surface area (Å²) in [5.41, 5.74) is 20.9. The van der Waals surface area contributed by atoms with E-state index in [0.29, 0.717) is 0 Å². The Balaban J connectivity index is 1.04. The maximum atomic E-state index is 2.46. The summed E-state index contributed by atoms with van der Waals surface area (Å²) >= 11 is 0. The lowest BCUT2D eigenvalue weighted by atomic mass is 9.68. The predicted molar refractivity (Wildman–Crippen MR) is 289 cm³/mol. The van der Waals surface area contributed by atoms with E-state index in [2.05, 4.69) is 289 Å². The summed E-state index contributed by atoms with van der Waals surface area (Å²) in [6, 6.07) is 102. The molecule has 2 nitrogen and oxygen atoms in total. The van der Waals surface area contributed by atoms with Crippen LogP contribution in [0.2, 0.25) is 0 Å². The van der Waals surface area contributed by atoms with Crippen LogP contribution in [-0.4, -0.2) is 4.57 Å². The first-order chi connectivity index (χ1) is 34.2. The van der Waals surface area contributed by atoms with Crippen molar-refractivity contribution >= 4 is 38.9 Å². The van der Waals surface area contributed by atoms with Crippen molar-refractivity contribution in [2.45, 2.75) is 5.41 Å². The van der Waals surface area contributed by atoms with Crippen molar-refractivity contribution in [2.75, 3.05) is 4.90 Å². The van der Waals surface area contributed by atoms with Crippen LogP contribution in [0.25, 0.3) is 72.0 Å². The van der Waals surface area contributed by atoms with Crippen molar-refractivity contribution in [2.24, 2.45) is 0 Å². The number of hydrogen-bond donors (Lipinski definition) is 0. The maximum absolute atomic E-state index is 2.46. The number of nitrogens with zero attached hydrogens (tertiary/aromatic N) is 2. The average molecular weight is 879 g/mol. The zero-order valence-electron chi connectivity index (χ0n) is 38.0. The molecule has 0 fully saturated rings. The molecule has 0 unspecified atom stereocenters. The summed E-state index contributed by atoms with van der Waals surface area (Å²) in [4.78, 5) is 2.46. The highest BCUT2D eigenvalue weighted by atomic mass is 15.1. The smallest absolute Gasteiger partial charge is 0.0713 e. The van der Waals surface area contributed by atoms with Gasteiger partial charge >= 0.3 is 0 Å². The second-order valence-corrected chi connectivity index (χ2v) is 18.1. The molecule has 1 aliphatic carbocycles. The highest BCUT2D eigenvalue weighted by molar-refractivity contribution is 6.10. The van der Waals surface area contributed by atoms with Gasteiger partial charge in [-0.2, -0.15) is 0 Å². The SMILES string of the molecule is c1ccc(-c2ccc(N(c3cc(-c4ccccc4)cc(-c4ccc5c(c4)c4ccccc4n5-c4ccccc4)c3)c3ccc4c(c3)-c3ccccc3C4(c3ccccc3)c3ccccc3)cc2)cc1. The van der Waals surface area contributed by atoms with E-state index in [0.717, 1.165) is 39.4 Å². The first-order valence-corrected chi connectivity index (χ1v) is 23.8. The molecular weight excluding hydrogens is 833 g/mol. The molecule has 11 aromatic carbocycles. The maximum Gasteiger partial charge on any atom is 0.0713 e. The lowest BCUT2D eigenvalue weighted by Crippen LogP contribution is -2.28. The number of aromatic nitrogens is 1. The third kappa shape index (κ3) is 6.72. The molecule has 0 saturated carbocycles. The van der Waals surface area contributed by atoms with Gasteiger partial charge in [0.1, 0.15) is 0 Å². The van der Waals surface area contributed by atoms with Crippen molar-refractivity contribution in [3.05, 3.63) is 301 Å². The van der Waals surface area contributed by atoms with Gasteiger partial charge in [0.05, 0.1) is 16.4 Å². The first-order valence-electron chi connectivity index (χ1n) is 23.8. The third-order valence-corrected chi connectivity index (χ3v) is 14.2. The van der Waals surface area contributed by atoms with Crippen LogP contribution >= 0.6 is 0 Å². The van der Waals surface area contributed by atoms with Crippen LogP contribution < -0.4 is 4.90 Å². The van der Waals surface area contributed by atoms with E-state index in [1.807, 2.05) is 0 Å². The minimum atomic E-state index is -0.488. The lowest BCUT2D eigenvalue weighted by Gasteiger charge is -2.34. The molecule has 1 aromatic heterocycles. The Kier molecular flexibility index (Phi) is 9.77. The fraction of sp³-hybridized carbons (Fsp3) is 0.0149. The molecule has 69 heavy (non-hydrogen) atoms. The fourth-order valence-electron chi connectivity index (χ4n) is 11.2. The predicted octanol–water partition coefficient (Wildman–Crippen LogP) is 17.6. The number of anilines is 3. The molecule has 1 aliphatic rings. The molecule has 0 aliphatic heterocycles. The van der Waals surface area contributed by atoms with Crippen molar-refractivity contribution in [3.8, 4) is 50.2 Å². The zero-order chi connectivity index (χ0) is 45.7. The van der Waals surface area contributed by atoms with Gasteiger partial charge in [0.25, 0.3) is 0 Å². The van der Waals surface area contributed by atoms with E-state index in [9.17, 15) is 0 Å². The van der Waals surface area contributed by atoms with Gasteiger partial charge in [-0.25, -0.2) is 0 Å². The molecule has 12 aromatic rings. The van der Waals surface area contributed by atoms with Crippen LogP contribution in [0.5, 0.6) is 0 Å². The van der Waals surface area contributed by atoms with Crippen molar-refractivity contribution in [1.29, 1.82) is 0 Å². The van der Waals surface area contributed by atoms with E-state index in [-0.39, 0.29) is 0 Å². The van der Waals surface area contributed by atoms with Gasteiger partial charge in [0, 0.05) is 33.5 Å². The number of rotatable bonds is 9. The van der Waals surface area contributed by atoms with Gasteiger partial charge in [-0.3, -0.25) is 0 Å². The van der Waals surface area contributed by atoms with Gasteiger partial charge in [-0.15, -0.1) is 0 Å². The normalized spacial score (nSPS) is 12.5. The van der Waals surface area contributed by atoms with Gasteiger partial charge in [0.15, 0.2) is 0 Å². The highest BCUT2D eigenvalue weighted by Crippen LogP contribution is 2.57. The summed E-state index contributed by atoms with van der Waals surface area (Å²) in [6.07, 6.45) is 0. The van der Waals surface area contributed by atoms with Crippen molar-refractivity contribution in [3.63, 3.8) is 0 Å². The molecule has 1 heterocycles. The van der Waals surface area contributed by atoms with Gasteiger partial charge < -0.3 is 9.47 Å². The Bertz CT molecular complexity index is 3760. The van der Waals surface area contributed by atoms with E-state index in [1.54, 1.807) is 0 Å². The molecule has 13 rings (SSSR count). The number of benzene rings is 11. The molecule has 0 bridgehead atoms. The third-order valence-electron chi connectivity index (χ3n) is 14.2. The summed E-state index contributed by atoms with van der Waals surface area (Å²) in [7, 11) is 0. The van der Waals surface area contributed by atoms with E-state index in [4.69, 9.17) is 0 Å². The van der Waals surface area contributed by atoms with E-state index in [1.165, 1.54) is 71.9 Å². The van der Waals surface area contributed by atoms with Gasteiger partial charge in [0.2, 0.25) is 0 Å². The molecule has 0 N–H and O–H groups in total. The molecule has 0 saturated heterocycles. The molecule has 0 amide bonds. The average Bonchev–Trinajstić information content (AvgIpc) is 3.92. The summed E-state index contributed by atoms with van der Waals surface area (Å²) in [6.45, 7) is 0. The van der Waals surface area contributed by atoms with Crippen LogP contribution in [-0.2, 0) is 5.41 Å². The van der Waals surface area contributed by atoms with E-state index < -0.39 is 5.41 Å². The van der Waals surface area contributed by atoms with Gasteiger partial charge in [-0.1, -0.05) is 206 Å². The van der Waals surface area contributed by atoms with Crippen LogP contribution in [0, 0.1) is 0 Å². The number of hydrogen-bond acceptors (Lipinski definition) is 1. The largest absolute Gasteiger partial charge is 0.310 e. The zero-order valence-corrected chi connectivity index (χ0v) is 38.0. The molecular formula is C67H46N2. The van der Waals surface area contributed by atoms with Crippen LogP contribution in [0.15, 0.2) is 279 Å². The summed E-state index contributed by atoms with van der Waals surface area (Å²) < 4.78 is 2.39. The Morgan fingerprint density at radius 2 is 0.768 bits per heavy atom. The summed E-state index contributed by atoms with van der Waals surface area (Å²) in [5, 5.41) is 2.46. The lowest BCUT2D eigenvalue weighted by molar-refractivity contribution is 0.768. The Hall–Kier alpha value is -8.98. The van der Waals surface area contributed by atoms with Crippen LogP contribution in [0.3, 0.4) is 0 Å². The number of fused-ring (bicyclic) bond motifs is 6. The topological polar surface area (TPSA) is 8.17 Å². The highest BCUT2D eigenvalue weighted by Gasteiger charge is 2.46.